The van der Waals surface area contributed by atoms with Crippen molar-refractivity contribution in [3.63, 3.8) is 0 Å². The smallest absolute Gasteiger partial charge is 0.175 e. The Bertz CT molecular complexity index is 440. The lowest BCUT2D eigenvalue weighted by molar-refractivity contribution is 0.510. The molecule has 0 aromatic heterocycles. The van der Waals surface area contributed by atoms with Gasteiger partial charge in [0.15, 0.2) is 9.84 Å². The molecule has 0 aliphatic rings. The van der Waals surface area contributed by atoms with E-state index in [2.05, 4.69) is 13.8 Å². The molecule has 1 rings (SSSR count). The Hall–Kier alpha value is -0.580. The van der Waals surface area contributed by atoms with E-state index in [-0.39, 0.29) is 18.4 Å². The van der Waals surface area contributed by atoms with E-state index in [0.717, 1.165) is 12.0 Å². The first-order chi connectivity index (χ1) is 7.30. The van der Waals surface area contributed by atoms with Crippen LogP contribution in [-0.4, -0.2) is 14.7 Å². The average molecular weight is 278 g/mol. The Morgan fingerprint density at radius 3 is 2.00 bits per heavy atom. The van der Waals surface area contributed by atoms with Crippen LogP contribution < -0.4 is 5.73 Å². The zero-order valence-electron chi connectivity index (χ0n) is 10.4. The predicted octanol–water partition coefficient (Wildman–Crippen LogP) is 2.56. The summed E-state index contributed by atoms with van der Waals surface area (Å²) < 4.78 is 22.5. The molecule has 98 valence electrons. The summed E-state index contributed by atoms with van der Waals surface area (Å²) in [6.07, 6.45) is 2.11. The first-order valence-electron chi connectivity index (χ1n) is 5.36. The van der Waals surface area contributed by atoms with Crippen molar-refractivity contribution in [2.24, 2.45) is 11.7 Å². The van der Waals surface area contributed by atoms with Crippen LogP contribution in [0.4, 0.5) is 0 Å². The van der Waals surface area contributed by atoms with Crippen molar-refractivity contribution >= 4 is 22.2 Å². The van der Waals surface area contributed by atoms with Crippen molar-refractivity contribution in [3.05, 3.63) is 29.8 Å². The number of nitrogens with two attached hydrogens (primary N) is 1. The van der Waals surface area contributed by atoms with E-state index < -0.39 is 9.84 Å². The summed E-state index contributed by atoms with van der Waals surface area (Å²) in [6, 6.07) is 6.80. The minimum Gasteiger partial charge on any atom is -0.324 e. The van der Waals surface area contributed by atoms with Crippen LogP contribution in [0.3, 0.4) is 0 Å². The lowest BCUT2D eigenvalue weighted by Crippen LogP contribution is -2.13. The Balaban J connectivity index is 0.00000256. The van der Waals surface area contributed by atoms with Crippen LogP contribution in [0.25, 0.3) is 0 Å². The average Bonchev–Trinajstić information content (AvgIpc) is 2.15. The third kappa shape index (κ3) is 5.06. The molecule has 17 heavy (non-hydrogen) atoms. The first kappa shape index (κ1) is 16.4. The molecule has 5 heteroatoms. The zero-order valence-corrected chi connectivity index (χ0v) is 12.0. The van der Waals surface area contributed by atoms with Crippen LogP contribution in [0.1, 0.15) is 31.9 Å². The third-order valence-corrected chi connectivity index (χ3v) is 3.59. The molecular weight excluding hydrogens is 258 g/mol. The molecule has 1 atom stereocenters. The highest BCUT2D eigenvalue weighted by Gasteiger charge is 2.10. The van der Waals surface area contributed by atoms with Crippen LogP contribution in [0.15, 0.2) is 29.2 Å². The Labute approximate surface area is 110 Å². The zero-order chi connectivity index (χ0) is 12.3. The topological polar surface area (TPSA) is 60.2 Å². The van der Waals surface area contributed by atoms with Crippen LogP contribution in [0, 0.1) is 5.92 Å². The monoisotopic (exact) mass is 277 g/mol. The molecule has 0 amide bonds. The fourth-order valence-corrected chi connectivity index (χ4v) is 2.24. The molecule has 0 aliphatic heterocycles. The van der Waals surface area contributed by atoms with E-state index in [9.17, 15) is 8.42 Å². The number of halogens is 1. The number of benzene rings is 1. The van der Waals surface area contributed by atoms with Crippen molar-refractivity contribution < 1.29 is 8.42 Å². The molecule has 1 aromatic rings. The maximum Gasteiger partial charge on any atom is 0.175 e. The summed E-state index contributed by atoms with van der Waals surface area (Å²) in [5.74, 6) is 0.532. The van der Waals surface area contributed by atoms with Crippen molar-refractivity contribution in [1.82, 2.24) is 0 Å². The van der Waals surface area contributed by atoms with E-state index in [1.54, 1.807) is 24.3 Å². The predicted molar refractivity (Wildman–Crippen MR) is 73.2 cm³/mol. The van der Waals surface area contributed by atoms with E-state index in [0.29, 0.717) is 10.8 Å². The van der Waals surface area contributed by atoms with E-state index in [1.807, 2.05) is 0 Å². The quantitative estimate of drug-likeness (QED) is 0.920. The lowest BCUT2D eigenvalue weighted by atomic mass is 9.98. The molecule has 2 N–H and O–H groups in total. The Morgan fingerprint density at radius 2 is 1.65 bits per heavy atom. The molecule has 0 saturated carbocycles. The molecule has 0 fully saturated rings. The minimum absolute atomic E-state index is 0. The van der Waals surface area contributed by atoms with E-state index in [4.69, 9.17) is 5.73 Å². The normalized spacial score (nSPS) is 13.2. The van der Waals surface area contributed by atoms with Crippen molar-refractivity contribution in [2.75, 3.05) is 6.26 Å². The van der Waals surface area contributed by atoms with Gasteiger partial charge in [-0.15, -0.1) is 12.4 Å². The van der Waals surface area contributed by atoms with Gasteiger partial charge in [-0.05, 0) is 30.0 Å². The van der Waals surface area contributed by atoms with Gasteiger partial charge in [-0.1, -0.05) is 26.0 Å². The standard InChI is InChI=1S/C12H19NO2S.ClH/c1-9(2)8-12(13)10-4-6-11(7-5-10)16(3,14)15;/h4-7,9,12H,8,13H2,1-3H3;1H/t12-;/m1./s1. The fraction of sp³-hybridized carbons (Fsp3) is 0.500. The van der Waals surface area contributed by atoms with Gasteiger partial charge in [0.25, 0.3) is 0 Å². The SMILES string of the molecule is CC(C)C[C@@H](N)c1ccc(S(C)(=O)=O)cc1.Cl. The van der Waals surface area contributed by atoms with Gasteiger partial charge in [0.05, 0.1) is 4.90 Å². The minimum atomic E-state index is -3.11. The van der Waals surface area contributed by atoms with Crippen molar-refractivity contribution in [3.8, 4) is 0 Å². The van der Waals surface area contributed by atoms with Gasteiger partial charge in [-0.25, -0.2) is 8.42 Å². The van der Waals surface area contributed by atoms with Crippen molar-refractivity contribution in [1.29, 1.82) is 0 Å². The largest absolute Gasteiger partial charge is 0.324 e. The van der Waals surface area contributed by atoms with Crippen LogP contribution >= 0.6 is 12.4 Å². The van der Waals surface area contributed by atoms with E-state index >= 15 is 0 Å². The highest BCUT2D eigenvalue weighted by atomic mass is 35.5. The van der Waals surface area contributed by atoms with Crippen LogP contribution in [0.2, 0.25) is 0 Å². The van der Waals surface area contributed by atoms with Gasteiger partial charge in [-0.2, -0.15) is 0 Å². The maximum atomic E-state index is 11.3. The van der Waals surface area contributed by atoms with Crippen molar-refractivity contribution in [2.45, 2.75) is 31.2 Å². The molecule has 0 aliphatic carbocycles. The van der Waals surface area contributed by atoms with Gasteiger partial charge < -0.3 is 5.73 Å². The molecule has 1 aromatic carbocycles. The molecule has 0 unspecified atom stereocenters. The molecule has 3 nitrogen and oxygen atoms in total. The second kappa shape index (κ2) is 6.38. The number of hydrogen-bond donors (Lipinski definition) is 1. The number of sulfone groups is 1. The highest BCUT2D eigenvalue weighted by Crippen LogP contribution is 2.20. The van der Waals surface area contributed by atoms with Crippen LogP contribution in [0.5, 0.6) is 0 Å². The third-order valence-electron chi connectivity index (χ3n) is 2.46. The summed E-state index contributed by atoms with van der Waals surface area (Å²) >= 11 is 0. The molecule has 0 bridgehead atoms. The fourth-order valence-electron chi connectivity index (χ4n) is 1.61. The Kier molecular flexibility index (Phi) is 6.16. The highest BCUT2D eigenvalue weighted by molar-refractivity contribution is 7.90. The summed E-state index contributed by atoms with van der Waals surface area (Å²) in [5.41, 5.74) is 6.99. The van der Waals surface area contributed by atoms with Gasteiger partial charge in [0.2, 0.25) is 0 Å². The van der Waals surface area contributed by atoms with Gasteiger partial charge in [0.1, 0.15) is 0 Å². The summed E-state index contributed by atoms with van der Waals surface area (Å²) in [5, 5.41) is 0. The van der Waals surface area contributed by atoms with Gasteiger partial charge in [-0.3, -0.25) is 0 Å². The number of hydrogen-bond acceptors (Lipinski definition) is 3. The second-order valence-electron chi connectivity index (χ2n) is 4.58. The number of rotatable bonds is 4. The van der Waals surface area contributed by atoms with Gasteiger partial charge in [0, 0.05) is 12.3 Å². The molecule has 0 saturated heterocycles. The first-order valence-corrected chi connectivity index (χ1v) is 7.25. The molecule has 0 heterocycles. The van der Waals surface area contributed by atoms with E-state index in [1.165, 1.54) is 6.26 Å². The second-order valence-corrected chi connectivity index (χ2v) is 6.59. The van der Waals surface area contributed by atoms with Crippen LogP contribution in [-0.2, 0) is 9.84 Å². The molecule has 0 spiro atoms. The maximum absolute atomic E-state index is 11.3. The molecule has 0 radical (unpaired) electrons. The van der Waals surface area contributed by atoms with Gasteiger partial charge >= 0.3 is 0 Å². The summed E-state index contributed by atoms with van der Waals surface area (Å²) in [6.45, 7) is 4.23. The molecular formula is C12H20ClNO2S. The summed E-state index contributed by atoms with van der Waals surface area (Å²) in [7, 11) is -3.11. The summed E-state index contributed by atoms with van der Waals surface area (Å²) in [4.78, 5) is 0.341. The lowest BCUT2D eigenvalue weighted by Gasteiger charge is -2.14. The Morgan fingerprint density at radius 1 is 1.18 bits per heavy atom.